The first-order valence-electron chi connectivity index (χ1n) is 11.1. The molecule has 0 saturated heterocycles. The minimum absolute atomic E-state index is 1.26. The Morgan fingerprint density at radius 2 is 0.938 bits per heavy atom. The van der Waals surface area contributed by atoms with Crippen LogP contribution in [0.15, 0.2) is 121 Å². The van der Waals surface area contributed by atoms with Crippen LogP contribution in [0.1, 0.15) is 0 Å². The maximum absolute atomic E-state index is 2.39. The third kappa shape index (κ3) is 2.57. The molecule has 0 nitrogen and oxygen atoms in total. The van der Waals surface area contributed by atoms with Gasteiger partial charge in [0.2, 0.25) is 0 Å². The van der Waals surface area contributed by atoms with Gasteiger partial charge in [0.25, 0.3) is 0 Å². The van der Waals surface area contributed by atoms with Crippen molar-refractivity contribution >= 4 is 53.9 Å². The van der Waals surface area contributed by atoms with Gasteiger partial charge in [0.15, 0.2) is 0 Å². The molecule has 0 radical (unpaired) electrons. The lowest BCUT2D eigenvalue weighted by atomic mass is 9.88. The average molecular weight is 405 g/mol. The molecule has 0 heteroatoms. The Labute approximate surface area is 186 Å². The van der Waals surface area contributed by atoms with Crippen molar-refractivity contribution in [3.8, 4) is 11.1 Å². The van der Waals surface area contributed by atoms with E-state index in [-0.39, 0.29) is 0 Å². The van der Waals surface area contributed by atoms with Crippen molar-refractivity contribution in [1.82, 2.24) is 0 Å². The van der Waals surface area contributed by atoms with Gasteiger partial charge in [-0.25, -0.2) is 0 Å². The molecule has 0 heterocycles. The van der Waals surface area contributed by atoms with Gasteiger partial charge >= 0.3 is 0 Å². The predicted molar refractivity (Wildman–Crippen MR) is 139 cm³/mol. The molecular formula is C32H20. The second-order valence-corrected chi connectivity index (χ2v) is 8.62. The van der Waals surface area contributed by atoms with Gasteiger partial charge in [-0.05, 0) is 89.3 Å². The van der Waals surface area contributed by atoms with Crippen LogP contribution in [0.2, 0.25) is 0 Å². The molecule has 7 rings (SSSR count). The van der Waals surface area contributed by atoms with Gasteiger partial charge in [0, 0.05) is 0 Å². The molecule has 148 valence electrons. The van der Waals surface area contributed by atoms with Crippen molar-refractivity contribution < 1.29 is 0 Å². The molecule has 32 heavy (non-hydrogen) atoms. The van der Waals surface area contributed by atoms with Crippen molar-refractivity contribution in [2.75, 3.05) is 0 Å². The molecule has 0 bridgehead atoms. The van der Waals surface area contributed by atoms with E-state index >= 15 is 0 Å². The standard InChI is InChI=1S/C32H20/c1-2-9-23-17-26(14-13-21(23)7-1)31-20-27-18-24-10-3-4-11-25(24)19-30(27)29-16-15-22-8-5-6-12-28(22)32(29)31/h1-20H. The first kappa shape index (κ1) is 17.5. The third-order valence-electron chi connectivity index (χ3n) is 6.77. The zero-order valence-electron chi connectivity index (χ0n) is 17.5. The first-order chi connectivity index (χ1) is 15.8. The fourth-order valence-corrected chi connectivity index (χ4v) is 5.21. The van der Waals surface area contributed by atoms with Crippen LogP contribution in [-0.4, -0.2) is 0 Å². The molecule has 7 aromatic carbocycles. The van der Waals surface area contributed by atoms with E-state index in [2.05, 4.69) is 121 Å². The molecule has 0 aliphatic rings. The first-order valence-corrected chi connectivity index (χ1v) is 11.1. The summed E-state index contributed by atoms with van der Waals surface area (Å²) in [5, 5.41) is 13.0. The number of hydrogen-bond acceptors (Lipinski definition) is 0. The van der Waals surface area contributed by atoms with E-state index in [1.165, 1.54) is 65.0 Å². The molecule has 0 unspecified atom stereocenters. The van der Waals surface area contributed by atoms with Gasteiger partial charge in [-0.1, -0.05) is 97.1 Å². The Kier molecular flexibility index (Phi) is 3.65. The summed E-state index contributed by atoms with van der Waals surface area (Å²) in [7, 11) is 0. The third-order valence-corrected chi connectivity index (χ3v) is 6.77. The van der Waals surface area contributed by atoms with Crippen LogP contribution in [0, 0.1) is 0 Å². The molecule has 0 spiro atoms. The number of rotatable bonds is 1. The van der Waals surface area contributed by atoms with Gasteiger partial charge in [-0.2, -0.15) is 0 Å². The average Bonchev–Trinajstić information content (AvgIpc) is 2.86. The lowest BCUT2D eigenvalue weighted by Crippen LogP contribution is -1.88. The zero-order valence-corrected chi connectivity index (χ0v) is 17.5. The van der Waals surface area contributed by atoms with Crippen molar-refractivity contribution in [1.29, 1.82) is 0 Å². The lowest BCUT2D eigenvalue weighted by molar-refractivity contribution is 1.71. The molecule has 0 aliphatic carbocycles. The summed E-state index contributed by atoms with van der Waals surface area (Å²) in [5.41, 5.74) is 2.56. The van der Waals surface area contributed by atoms with Crippen molar-refractivity contribution in [2.24, 2.45) is 0 Å². The number of benzene rings is 7. The monoisotopic (exact) mass is 404 g/mol. The van der Waals surface area contributed by atoms with E-state index in [0.717, 1.165) is 0 Å². The minimum atomic E-state index is 1.26. The second kappa shape index (κ2) is 6.67. The van der Waals surface area contributed by atoms with Crippen LogP contribution in [0.3, 0.4) is 0 Å². The number of hydrogen-bond donors (Lipinski definition) is 0. The Balaban J connectivity index is 1.69. The summed E-state index contributed by atoms with van der Waals surface area (Å²) >= 11 is 0. The van der Waals surface area contributed by atoms with Crippen molar-refractivity contribution in [3.63, 3.8) is 0 Å². The van der Waals surface area contributed by atoms with E-state index in [1.807, 2.05) is 0 Å². The molecule has 0 aromatic heterocycles. The maximum Gasteiger partial charge on any atom is -0.00204 e. The van der Waals surface area contributed by atoms with Crippen molar-refractivity contribution in [3.05, 3.63) is 121 Å². The largest absolute Gasteiger partial charge is 0.0616 e. The molecule has 0 saturated carbocycles. The van der Waals surface area contributed by atoms with Gasteiger partial charge in [0.1, 0.15) is 0 Å². The molecule has 0 amide bonds. The Hall–Kier alpha value is -4.16. The van der Waals surface area contributed by atoms with Crippen LogP contribution in [0.5, 0.6) is 0 Å². The summed E-state index contributed by atoms with van der Waals surface area (Å²) in [6.45, 7) is 0. The van der Waals surface area contributed by atoms with Crippen LogP contribution in [0.4, 0.5) is 0 Å². The normalized spacial score (nSPS) is 11.8. The fraction of sp³-hybridized carbons (Fsp3) is 0. The van der Waals surface area contributed by atoms with E-state index in [0.29, 0.717) is 0 Å². The molecular weight excluding hydrogens is 384 g/mol. The quantitative estimate of drug-likeness (QED) is 0.189. The van der Waals surface area contributed by atoms with Crippen LogP contribution < -0.4 is 0 Å². The lowest BCUT2D eigenvalue weighted by Gasteiger charge is -2.15. The second-order valence-electron chi connectivity index (χ2n) is 8.62. The smallest absolute Gasteiger partial charge is 0.00204 e. The molecule has 0 fully saturated rings. The molecule has 0 aliphatic heterocycles. The van der Waals surface area contributed by atoms with Crippen molar-refractivity contribution in [2.45, 2.75) is 0 Å². The predicted octanol–water partition coefficient (Wildman–Crippen LogP) is 9.12. The molecule has 7 aromatic rings. The SMILES string of the molecule is c1ccc2cc(-c3cc4cc5ccccc5cc4c4ccc5ccccc5c34)ccc2c1. The molecule has 0 N–H and O–H groups in total. The highest BCUT2D eigenvalue weighted by molar-refractivity contribution is 6.24. The Morgan fingerprint density at radius 3 is 1.75 bits per heavy atom. The zero-order chi connectivity index (χ0) is 21.1. The van der Waals surface area contributed by atoms with E-state index < -0.39 is 0 Å². The van der Waals surface area contributed by atoms with E-state index in [4.69, 9.17) is 0 Å². The summed E-state index contributed by atoms with van der Waals surface area (Å²) in [5.74, 6) is 0. The minimum Gasteiger partial charge on any atom is -0.0616 e. The van der Waals surface area contributed by atoms with Crippen LogP contribution >= 0.6 is 0 Å². The summed E-state index contributed by atoms with van der Waals surface area (Å²) < 4.78 is 0. The fourth-order valence-electron chi connectivity index (χ4n) is 5.21. The maximum atomic E-state index is 2.39. The summed E-state index contributed by atoms with van der Waals surface area (Å²) in [4.78, 5) is 0. The highest BCUT2D eigenvalue weighted by atomic mass is 14.2. The Bertz CT molecular complexity index is 1820. The highest BCUT2D eigenvalue weighted by Gasteiger charge is 2.13. The van der Waals surface area contributed by atoms with E-state index in [1.54, 1.807) is 0 Å². The van der Waals surface area contributed by atoms with Gasteiger partial charge in [-0.3, -0.25) is 0 Å². The summed E-state index contributed by atoms with van der Waals surface area (Å²) in [6.07, 6.45) is 0. The summed E-state index contributed by atoms with van der Waals surface area (Å²) in [6, 6.07) is 44.5. The van der Waals surface area contributed by atoms with Gasteiger partial charge in [-0.15, -0.1) is 0 Å². The Morgan fingerprint density at radius 1 is 0.312 bits per heavy atom. The number of fused-ring (bicyclic) bond motifs is 7. The highest BCUT2D eigenvalue weighted by Crippen LogP contribution is 2.40. The molecule has 0 atom stereocenters. The van der Waals surface area contributed by atoms with Crippen LogP contribution in [-0.2, 0) is 0 Å². The van der Waals surface area contributed by atoms with Crippen LogP contribution in [0.25, 0.3) is 65.0 Å². The van der Waals surface area contributed by atoms with Gasteiger partial charge < -0.3 is 0 Å². The van der Waals surface area contributed by atoms with E-state index in [9.17, 15) is 0 Å². The topological polar surface area (TPSA) is 0 Å². The van der Waals surface area contributed by atoms with Gasteiger partial charge in [0.05, 0.1) is 0 Å².